The molecule has 1 atom stereocenters. The Labute approximate surface area is 126 Å². The van der Waals surface area contributed by atoms with Crippen molar-refractivity contribution in [1.82, 2.24) is 0 Å². The van der Waals surface area contributed by atoms with E-state index in [1.807, 2.05) is 0 Å². The fraction of sp³-hybridized carbons (Fsp3) is 1.00. The van der Waals surface area contributed by atoms with Crippen LogP contribution in [0.5, 0.6) is 0 Å². The van der Waals surface area contributed by atoms with Crippen molar-refractivity contribution in [3.63, 3.8) is 0 Å². The summed E-state index contributed by atoms with van der Waals surface area (Å²) in [5.41, 5.74) is 0. The maximum atomic E-state index is 9.14. The number of aliphatic hydroxyl groups is 1. The summed E-state index contributed by atoms with van der Waals surface area (Å²) in [6.07, 6.45) is 15.0. The van der Waals surface area contributed by atoms with Crippen LogP contribution in [0.3, 0.4) is 0 Å². The van der Waals surface area contributed by atoms with Crippen LogP contribution in [0, 0.1) is 0 Å². The molecular weight excluding hydrogens is 275 g/mol. The molecule has 0 aliphatic carbocycles. The quantitative estimate of drug-likeness (QED) is 0.369. The van der Waals surface area contributed by atoms with Gasteiger partial charge < -0.3 is 0 Å². The van der Waals surface area contributed by atoms with E-state index in [9.17, 15) is 0 Å². The molecule has 0 fully saturated rings. The first kappa shape index (κ1) is 19.7. The van der Waals surface area contributed by atoms with Gasteiger partial charge in [0.15, 0.2) is 0 Å². The normalized spacial score (nSPS) is 14.6. The van der Waals surface area contributed by atoms with Crippen molar-refractivity contribution >= 4 is 18.9 Å². The Morgan fingerprint density at radius 1 is 0.842 bits per heavy atom. The van der Waals surface area contributed by atoms with Crippen LogP contribution in [0.25, 0.3) is 0 Å². The molecule has 0 aliphatic heterocycles. The monoisotopic (exact) mass is 310 g/mol. The first-order valence-electron chi connectivity index (χ1n) is 8.39. The molecule has 118 valence electrons. The third kappa shape index (κ3) is 9.27. The van der Waals surface area contributed by atoms with E-state index in [1.165, 1.54) is 63.2 Å². The molecule has 0 saturated heterocycles. The van der Waals surface area contributed by atoms with Gasteiger partial charge in [-0.1, -0.05) is 0 Å². The van der Waals surface area contributed by atoms with Gasteiger partial charge in [-0.25, -0.2) is 0 Å². The van der Waals surface area contributed by atoms with Crippen molar-refractivity contribution in [2.24, 2.45) is 0 Å². The molecule has 0 bridgehead atoms. The molecule has 0 aromatic heterocycles. The average Bonchev–Trinajstić information content (AvgIpc) is 2.45. The van der Waals surface area contributed by atoms with Crippen molar-refractivity contribution in [3.05, 3.63) is 0 Å². The Hall–Kier alpha value is 0.680. The molecule has 1 unspecified atom stereocenters. The number of hydrogen-bond donors (Lipinski definition) is 1. The second kappa shape index (κ2) is 12.4. The molecule has 0 aromatic carbocycles. The number of halogens is 1. The van der Waals surface area contributed by atoms with E-state index in [-0.39, 0.29) is 12.0 Å². The number of unbranched alkanes of at least 4 members (excludes halogenated alkanes) is 3. The van der Waals surface area contributed by atoms with Gasteiger partial charge in [0, 0.05) is 0 Å². The van der Waals surface area contributed by atoms with Gasteiger partial charge in [0.2, 0.25) is 0 Å². The van der Waals surface area contributed by atoms with E-state index >= 15 is 0 Å². The van der Waals surface area contributed by atoms with Crippen LogP contribution >= 0.6 is 18.9 Å². The fourth-order valence-corrected chi connectivity index (χ4v) is 9.02. The third-order valence-electron chi connectivity index (χ3n) is 4.37. The van der Waals surface area contributed by atoms with E-state index in [0.29, 0.717) is 0 Å². The summed E-state index contributed by atoms with van der Waals surface area (Å²) in [5.74, 6) is 0. The Balaban J connectivity index is 4.56. The van der Waals surface area contributed by atoms with Crippen LogP contribution in [0.2, 0.25) is 0 Å². The topological polar surface area (TPSA) is 20.2 Å². The summed E-state index contributed by atoms with van der Waals surface area (Å²) in [6, 6.07) is 0. The molecule has 1 nitrogen and oxygen atoms in total. The average molecular weight is 311 g/mol. The zero-order chi connectivity index (χ0) is 14.6. The van der Waals surface area contributed by atoms with Crippen LogP contribution < -0.4 is 0 Å². The third-order valence-corrected chi connectivity index (χ3v) is 10.3. The minimum absolute atomic E-state index is 0.0169. The van der Waals surface area contributed by atoms with Crippen molar-refractivity contribution in [3.8, 4) is 0 Å². The van der Waals surface area contributed by atoms with Crippen molar-refractivity contribution < 1.29 is 5.11 Å². The van der Waals surface area contributed by atoms with Crippen molar-refractivity contribution in [2.75, 3.05) is 31.3 Å². The van der Waals surface area contributed by atoms with Gasteiger partial charge in [-0.05, 0) is 0 Å². The molecule has 0 aromatic rings. The molecule has 3 heteroatoms. The molecule has 0 saturated carbocycles. The molecule has 0 rings (SSSR count). The second-order valence-electron chi connectivity index (χ2n) is 6.13. The van der Waals surface area contributed by atoms with Gasteiger partial charge in [-0.15, -0.1) is 0 Å². The molecule has 0 amide bonds. The molecular formula is C16H36ClOP. The van der Waals surface area contributed by atoms with Gasteiger partial charge in [0.1, 0.15) is 0 Å². The van der Waals surface area contributed by atoms with Crippen molar-refractivity contribution in [2.45, 2.75) is 71.1 Å². The van der Waals surface area contributed by atoms with Crippen LogP contribution in [-0.4, -0.2) is 41.7 Å². The first-order valence-corrected chi connectivity index (χ1v) is 11.7. The van der Waals surface area contributed by atoms with Crippen molar-refractivity contribution in [1.29, 1.82) is 0 Å². The molecule has 1 N–H and O–H groups in total. The van der Waals surface area contributed by atoms with Gasteiger partial charge in [-0.2, -0.15) is 0 Å². The Kier molecular flexibility index (Phi) is 12.9. The molecule has 19 heavy (non-hydrogen) atoms. The zero-order valence-electron chi connectivity index (χ0n) is 13.4. The predicted octanol–water partition coefficient (Wildman–Crippen LogP) is 5.13. The summed E-state index contributed by atoms with van der Waals surface area (Å²) >= 11 is 6.15. The zero-order valence-corrected chi connectivity index (χ0v) is 15.1. The number of rotatable bonds is 13. The minimum atomic E-state index is -1.13. The van der Waals surface area contributed by atoms with E-state index in [0.717, 1.165) is 6.42 Å². The first-order chi connectivity index (χ1) is 9.14. The fourth-order valence-electron chi connectivity index (χ4n) is 2.96. The van der Waals surface area contributed by atoms with E-state index in [4.69, 9.17) is 16.7 Å². The molecule has 0 aliphatic rings. The number of alkyl halides is 1. The SMILES string of the molecule is CCCC[PH](CCCC)(CCCC)CCC(Cl)CO. The van der Waals surface area contributed by atoms with Crippen LogP contribution in [-0.2, 0) is 0 Å². The predicted molar refractivity (Wildman–Crippen MR) is 93.9 cm³/mol. The summed E-state index contributed by atoms with van der Waals surface area (Å²) in [5, 5.41) is 9.13. The van der Waals surface area contributed by atoms with Gasteiger partial charge in [0.25, 0.3) is 0 Å². The van der Waals surface area contributed by atoms with E-state index < -0.39 is 7.26 Å². The summed E-state index contributed by atoms with van der Waals surface area (Å²) in [7, 11) is -1.13. The molecule has 0 heterocycles. The second-order valence-corrected chi connectivity index (χ2v) is 11.7. The maximum absolute atomic E-state index is 9.14. The van der Waals surface area contributed by atoms with Crippen LogP contribution in [0.15, 0.2) is 0 Å². The number of aliphatic hydroxyl groups excluding tert-OH is 1. The Morgan fingerprint density at radius 2 is 1.26 bits per heavy atom. The van der Waals surface area contributed by atoms with Crippen LogP contribution in [0.4, 0.5) is 0 Å². The summed E-state index contributed by atoms with van der Waals surface area (Å²) < 4.78 is 0. The standard InChI is InChI=1S/C16H36ClOP/c1-4-7-11-19(12-8-5-2,13-9-6-3)14-10-16(17)15-18/h16,18-19H,4-15H2,1-3H3. The molecule has 0 spiro atoms. The molecule has 0 radical (unpaired) electrons. The van der Waals surface area contributed by atoms with Gasteiger partial charge in [-0.3, -0.25) is 0 Å². The Bertz CT molecular complexity index is 177. The Morgan fingerprint density at radius 3 is 1.58 bits per heavy atom. The van der Waals surface area contributed by atoms with Crippen LogP contribution in [0.1, 0.15) is 65.7 Å². The van der Waals surface area contributed by atoms with Gasteiger partial charge >= 0.3 is 126 Å². The number of hydrogen-bond acceptors (Lipinski definition) is 1. The van der Waals surface area contributed by atoms with Gasteiger partial charge in [0.05, 0.1) is 0 Å². The summed E-state index contributed by atoms with van der Waals surface area (Å²) in [4.78, 5) is 0. The van der Waals surface area contributed by atoms with E-state index in [1.54, 1.807) is 0 Å². The summed E-state index contributed by atoms with van der Waals surface area (Å²) in [6.45, 7) is 7.05. The van der Waals surface area contributed by atoms with E-state index in [2.05, 4.69) is 20.8 Å².